The Morgan fingerprint density at radius 2 is 1.67 bits per heavy atom. The fourth-order valence-electron chi connectivity index (χ4n) is 2.81. The summed E-state index contributed by atoms with van der Waals surface area (Å²) < 4.78 is 1.62. The molecule has 0 unspecified atom stereocenters. The van der Waals surface area contributed by atoms with Gasteiger partial charge in [0, 0.05) is 12.0 Å². The summed E-state index contributed by atoms with van der Waals surface area (Å²) in [6.45, 7) is 0. The van der Waals surface area contributed by atoms with Crippen molar-refractivity contribution >= 4 is 0 Å². The fraction of sp³-hybridized carbons (Fsp3) is 0.125. The van der Waals surface area contributed by atoms with E-state index in [0.29, 0.717) is 12.2 Å². The van der Waals surface area contributed by atoms with Crippen LogP contribution in [-0.2, 0) is 6.42 Å². The number of benzene rings is 2. The number of aromatic nitrogens is 3. The van der Waals surface area contributed by atoms with E-state index < -0.39 is 0 Å². The van der Waals surface area contributed by atoms with Gasteiger partial charge in [0.15, 0.2) is 0 Å². The first kappa shape index (κ1) is 14.8. The molecule has 0 radical (unpaired) electrons. The van der Waals surface area contributed by atoms with Gasteiger partial charge in [-0.15, -0.1) is 0 Å². The van der Waals surface area contributed by atoms with E-state index in [0.717, 1.165) is 16.8 Å². The normalized spacial score (nSPS) is 15.0. The van der Waals surface area contributed by atoms with Crippen LogP contribution in [0.3, 0.4) is 0 Å². The number of para-hydroxylation sites is 1. The molecule has 8 heteroatoms. The predicted molar refractivity (Wildman–Crippen MR) is 89.7 cm³/mol. The zero-order valence-corrected chi connectivity index (χ0v) is 12.8. The van der Waals surface area contributed by atoms with Crippen LogP contribution >= 0.6 is 0 Å². The predicted octanol–water partition coefficient (Wildman–Crippen LogP) is 0.213. The number of nitrogens with one attached hydrogen (secondary N) is 5. The molecule has 8 nitrogen and oxygen atoms in total. The lowest BCUT2D eigenvalue weighted by Gasteiger charge is -2.13. The summed E-state index contributed by atoms with van der Waals surface area (Å²) in [4.78, 5) is 12.4. The van der Waals surface area contributed by atoms with E-state index in [1.54, 1.807) is 4.57 Å². The summed E-state index contributed by atoms with van der Waals surface area (Å²) in [6.07, 6.45) is 0.435. The number of rotatable bonds is 4. The maximum Gasteiger partial charge on any atom is 0.347 e. The molecular weight excluding hydrogens is 306 g/mol. The number of aromatic amines is 1. The van der Waals surface area contributed by atoms with Crippen molar-refractivity contribution in [2.24, 2.45) is 0 Å². The van der Waals surface area contributed by atoms with Gasteiger partial charge in [-0.1, -0.05) is 48.5 Å². The monoisotopic (exact) mass is 323 g/mol. The number of hydrazine groups is 3. The summed E-state index contributed by atoms with van der Waals surface area (Å²) in [5, 5.41) is 6.73. The molecule has 2 heterocycles. The molecule has 4 rings (SSSR count). The maximum atomic E-state index is 12.4. The maximum absolute atomic E-state index is 12.4. The summed E-state index contributed by atoms with van der Waals surface area (Å²) in [6, 6.07) is 17.8. The van der Waals surface area contributed by atoms with Crippen LogP contribution in [0.15, 0.2) is 59.4 Å². The molecule has 5 N–H and O–H groups in total. The molecule has 0 spiro atoms. The Balaban J connectivity index is 1.80. The summed E-state index contributed by atoms with van der Waals surface area (Å²) in [7, 11) is 0. The molecule has 1 aromatic heterocycles. The molecule has 1 aliphatic heterocycles. The van der Waals surface area contributed by atoms with Crippen molar-refractivity contribution in [3.8, 4) is 16.8 Å². The molecule has 0 aliphatic carbocycles. The van der Waals surface area contributed by atoms with Gasteiger partial charge in [-0.3, -0.25) is 0 Å². The molecule has 1 fully saturated rings. The lowest BCUT2D eigenvalue weighted by molar-refractivity contribution is 0.506. The first-order chi connectivity index (χ1) is 11.8. The average Bonchev–Trinajstić information content (AvgIpc) is 3.26. The Hall–Kier alpha value is -2.78. The molecular formula is C16H17N7O. The van der Waals surface area contributed by atoms with Gasteiger partial charge in [-0.2, -0.15) is 16.2 Å². The van der Waals surface area contributed by atoms with Crippen molar-refractivity contribution < 1.29 is 0 Å². The standard InChI is InChI=1S/C16H17N7O/c24-16-20-19-15(10-14-17-21-22-18-14)23(16)13-9-5-4-8-12(13)11-6-2-1-3-7-11/h1-9,14,17-18,21-22H,10H2,(H,20,24). The quantitative estimate of drug-likeness (QED) is 0.471. The van der Waals surface area contributed by atoms with Crippen LogP contribution in [-0.4, -0.2) is 20.9 Å². The molecule has 0 amide bonds. The third kappa shape index (κ3) is 2.74. The third-order valence-electron chi connectivity index (χ3n) is 3.91. The molecule has 1 saturated heterocycles. The van der Waals surface area contributed by atoms with Crippen molar-refractivity contribution in [2.75, 3.05) is 0 Å². The molecule has 0 saturated carbocycles. The second-order valence-electron chi connectivity index (χ2n) is 5.46. The van der Waals surface area contributed by atoms with E-state index in [2.05, 4.69) is 32.1 Å². The van der Waals surface area contributed by atoms with Gasteiger partial charge in [0.25, 0.3) is 0 Å². The van der Waals surface area contributed by atoms with E-state index in [9.17, 15) is 4.79 Å². The minimum absolute atomic E-state index is 0.0807. The van der Waals surface area contributed by atoms with Crippen LogP contribution < -0.4 is 27.6 Å². The van der Waals surface area contributed by atoms with Gasteiger partial charge < -0.3 is 0 Å². The van der Waals surface area contributed by atoms with Crippen molar-refractivity contribution in [3.63, 3.8) is 0 Å². The van der Waals surface area contributed by atoms with Crippen LogP contribution in [0.1, 0.15) is 5.82 Å². The highest BCUT2D eigenvalue weighted by atomic mass is 16.1. The molecule has 2 aromatic carbocycles. The van der Waals surface area contributed by atoms with Crippen LogP contribution in [0.25, 0.3) is 16.8 Å². The van der Waals surface area contributed by atoms with Crippen LogP contribution in [0.4, 0.5) is 0 Å². The van der Waals surface area contributed by atoms with Crippen LogP contribution in [0.5, 0.6) is 0 Å². The van der Waals surface area contributed by atoms with Crippen molar-refractivity contribution in [1.82, 2.24) is 36.7 Å². The van der Waals surface area contributed by atoms with Crippen molar-refractivity contribution in [3.05, 3.63) is 70.9 Å². The molecule has 1 aliphatic rings. The van der Waals surface area contributed by atoms with Crippen molar-refractivity contribution in [2.45, 2.75) is 12.6 Å². The van der Waals surface area contributed by atoms with E-state index >= 15 is 0 Å². The zero-order valence-electron chi connectivity index (χ0n) is 12.8. The summed E-state index contributed by atoms with van der Waals surface area (Å²) in [5.74, 6) is 0.638. The third-order valence-corrected chi connectivity index (χ3v) is 3.91. The van der Waals surface area contributed by atoms with Gasteiger partial charge in [0.1, 0.15) is 5.82 Å². The summed E-state index contributed by atoms with van der Waals surface area (Å²) >= 11 is 0. The molecule has 0 atom stereocenters. The zero-order chi connectivity index (χ0) is 16.4. The van der Waals surface area contributed by atoms with E-state index in [4.69, 9.17) is 0 Å². The van der Waals surface area contributed by atoms with Gasteiger partial charge in [0.2, 0.25) is 0 Å². The first-order valence-corrected chi connectivity index (χ1v) is 7.65. The number of H-pyrrole nitrogens is 1. The topological polar surface area (TPSA) is 98.8 Å². The number of hydrogen-bond donors (Lipinski definition) is 5. The molecule has 0 bridgehead atoms. The average molecular weight is 323 g/mol. The largest absolute Gasteiger partial charge is 0.347 e. The first-order valence-electron chi connectivity index (χ1n) is 7.65. The Morgan fingerprint density at radius 3 is 2.46 bits per heavy atom. The smallest absolute Gasteiger partial charge is 0.246 e. The van der Waals surface area contributed by atoms with Crippen molar-refractivity contribution in [1.29, 1.82) is 0 Å². The second-order valence-corrected chi connectivity index (χ2v) is 5.46. The van der Waals surface area contributed by atoms with E-state index in [1.165, 1.54) is 0 Å². The van der Waals surface area contributed by atoms with Crippen LogP contribution in [0, 0.1) is 0 Å². The van der Waals surface area contributed by atoms with E-state index in [1.807, 2.05) is 54.6 Å². The Kier molecular flexibility index (Phi) is 3.93. The number of nitrogens with zero attached hydrogens (tertiary/aromatic N) is 2. The minimum Gasteiger partial charge on any atom is -0.246 e. The second kappa shape index (κ2) is 6.38. The summed E-state index contributed by atoms with van der Waals surface area (Å²) in [5.41, 5.74) is 14.1. The minimum atomic E-state index is -0.257. The molecule has 122 valence electrons. The Morgan fingerprint density at radius 1 is 0.958 bits per heavy atom. The van der Waals surface area contributed by atoms with Gasteiger partial charge in [-0.25, -0.2) is 25.3 Å². The van der Waals surface area contributed by atoms with E-state index in [-0.39, 0.29) is 11.9 Å². The number of hydrogen-bond acceptors (Lipinski definition) is 6. The fourth-order valence-corrected chi connectivity index (χ4v) is 2.81. The highest BCUT2D eigenvalue weighted by Gasteiger charge is 2.20. The Labute approximate surface area is 137 Å². The lowest BCUT2D eigenvalue weighted by atomic mass is 10.0. The lowest BCUT2D eigenvalue weighted by Crippen LogP contribution is -2.37. The van der Waals surface area contributed by atoms with Gasteiger partial charge in [0.05, 0.1) is 11.9 Å². The highest BCUT2D eigenvalue weighted by Crippen LogP contribution is 2.26. The Bertz CT molecular complexity index is 881. The molecule has 24 heavy (non-hydrogen) atoms. The highest BCUT2D eigenvalue weighted by molar-refractivity contribution is 5.73. The van der Waals surface area contributed by atoms with Gasteiger partial charge >= 0.3 is 5.69 Å². The van der Waals surface area contributed by atoms with Crippen LogP contribution in [0.2, 0.25) is 0 Å². The molecule has 3 aromatic rings. The van der Waals surface area contributed by atoms with Gasteiger partial charge in [-0.05, 0) is 11.6 Å². The SMILES string of the molecule is O=c1[nH]nc(CC2NNNN2)n1-c1ccccc1-c1ccccc1.